The summed E-state index contributed by atoms with van der Waals surface area (Å²) in [6, 6.07) is 2.68. The van der Waals surface area contributed by atoms with E-state index in [1.54, 1.807) is 24.5 Å². The van der Waals surface area contributed by atoms with Crippen LogP contribution in [-0.4, -0.2) is 37.1 Å². The highest BCUT2D eigenvalue weighted by Gasteiger charge is 2.15. The fraction of sp³-hybridized carbons (Fsp3) is 0.444. The summed E-state index contributed by atoms with van der Waals surface area (Å²) in [6.07, 6.45) is 4.54. The zero-order chi connectivity index (χ0) is 12.2. The summed E-state index contributed by atoms with van der Waals surface area (Å²) in [5.74, 6) is -0.493. The average molecular weight is 245 g/mol. The van der Waals surface area contributed by atoms with Crippen LogP contribution in [0.5, 0.6) is 0 Å². The number of nitrogens with one attached hydrogen (secondary N) is 1. The highest BCUT2D eigenvalue weighted by atomic mass is 32.2. The molecule has 0 fully saturated rings. The van der Waals surface area contributed by atoms with E-state index >= 15 is 0 Å². The topological polar surface area (TPSA) is 94.2 Å². The molecular weight excluding hydrogens is 230 g/mol. The maximum atomic E-state index is 11.5. The molecule has 0 saturated heterocycles. The molecule has 6 nitrogen and oxygen atoms in total. The minimum Gasteiger partial charge on any atom is -0.320 e. The van der Waals surface area contributed by atoms with Gasteiger partial charge in [-0.3, -0.25) is 14.9 Å². The Balaban J connectivity index is 2.42. The van der Waals surface area contributed by atoms with Gasteiger partial charge < -0.3 is 5.73 Å². The third-order valence-corrected chi connectivity index (χ3v) is 2.96. The Kier molecular flexibility index (Phi) is 4.08. The lowest BCUT2D eigenvalue weighted by atomic mass is 10.2. The summed E-state index contributed by atoms with van der Waals surface area (Å²) in [7, 11) is -3.08. The fourth-order valence-electron chi connectivity index (χ4n) is 1.09. The van der Waals surface area contributed by atoms with Gasteiger partial charge in [0.1, 0.15) is 9.84 Å². The first kappa shape index (κ1) is 12.7. The van der Waals surface area contributed by atoms with Crippen LogP contribution >= 0.6 is 0 Å². The minimum absolute atomic E-state index is 0.0900. The third-order valence-electron chi connectivity index (χ3n) is 1.98. The monoisotopic (exact) mass is 245 g/mol. The van der Waals surface area contributed by atoms with E-state index in [1.807, 2.05) is 0 Å². The van der Waals surface area contributed by atoms with Crippen molar-refractivity contribution >= 4 is 15.7 Å². The molecule has 1 unspecified atom stereocenters. The van der Waals surface area contributed by atoms with Gasteiger partial charge in [-0.05, 0) is 18.6 Å². The molecule has 0 bridgehead atoms. The van der Waals surface area contributed by atoms with Crippen molar-refractivity contribution in [2.75, 3.05) is 17.4 Å². The van der Waals surface area contributed by atoms with Crippen LogP contribution in [0.1, 0.15) is 6.42 Å². The van der Waals surface area contributed by atoms with E-state index in [0.717, 1.165) is 6.26 Å². The van der Waals surface area contributed by atoms with Crippen LogP contribution in [-0.2, 0) is 14.6 Å². The predicted molar refractivity (Wildman–Crippen MR) is 61.1 cm³/mol. The molecule has 16 heavy (non-hydrogen) atoms. The van der Waals surface area contributed by atoms with E-state index < -0.39 is 21.8 Å². The first-order chi connectivity index (χ1) is 7.38. The second-order valence-corrected chi connectivity index (χ2v) is 5.85. The molecule has 0 spiro atoms. The summed E-state index contributed by atoms with van der Waals surface area (Å²) in [5.41, 5.74) is 8.07. The Morgan fingerprint density at radius 1 is 1.44 bits per heavy atom. The van der Waals surface area contributed by atoms with Gasteiger partial charge in [0.15, 0.2) is 0 Å². The molecule has 1 atom stereocenters. The maximum absolute atomic E-state index is 11.5. The van der Waals surface area contributed by atoms with Gasteiger partial charge in [-0.15, -0.1) is 0 Å². The molecule has 7 heteroatoms. The molecule has 1 aromatic rings. The number of sulfone groups is 1. The number of nitrogens with two attached hydrogens (primary N) is 1. The van der Waals surface area contributed by atoms with E-state index in [0.29, 0.717) is 0 Å². The number of carbonyl (C=O) groups is 1. The van der Waals surface area contributed by atoms with E-state index in [1.165, 1.54) is 4.68 Å². The smallest absolute Gasteiger partial charge is 0.255 e. The molecule has 0 aromatic carbocycles. The molecule has 1 amide bonds. The zero-order valence-electron chi connectivity index (χ0n) is 8.96. The summed E-state index contributed by atoms with van der Waals surface area (Å²) in [5, 5.41) is 0. The van der Waals surface area contributed by atoms with Crippen molar-refractivity contribution < 1.29 is 13.2 Å². The fourth-order valence-corrected chi connectivity index (χ4v) is 1.77. The Bertz CT molecular complexity index is 439. The van der Waals surface area contributed by atoms with E-state index in [2.05, 4.69) is 5.43 Å². The first-order valence-electron chi connectivity index (χ1n) is 4.75. The summed E-state index contributed by atoms with van der Waals surface area (Å²) < 4.78 is 23.2. The van der Waals surface area contributed by atoms with Crippen LogP contribution in [0.25, 0.3) is 0 Å². The minimum atomic E-state index is -3.08. The van der Waals surface area contributed by atoms with Gasteiger partial charge in [0.25, 0.3) is 5.91 Å². The number of amides is 1. The van der Waals surface area contributed by atoms with Crippen molar-refractivity contribution in [3.63, 3.8) is 0 Å². The number of aromatic nitrogens is 1. The van der Waals surface area contributed by atoms with Gasteiger partial charge in [-0.25, -0.2) is 8.42 Å². The molecule has 0 saturated carbocycles. The lowest BCUT2D eigenvalue weighted by Gasteiger charge is -2.12. The third kappa shape index (κ3) is 4.45. The molecule has 0 aliphatic carbocycles. The molecule has 0 aliphatic rings. The van der Waals surface area contributed by atoms with Crippen molar-refractivity contribution in [2.45, 2.75) is 12.5 Å². The molecule has 1 heterocycles. The van der Waals surface area contributed by atoms with Crippen molar-refractivity contribution in [1.29, 1.82) is 0 Å². The lowest BCUT2D eigenvalue weighted by Crippen LogP contribution is -2.40. The van der Waals surface area contributed by atoms with Crippen LogP contribution in [0.15, 0.2) is 24.5 Å². The zero-order valence-corrected chi connectivity index (χ0v) is 9.78. The summed E-state index contributed by atoms with van der Waals surface area (Å²) in [6.45, 7) is 0. The highest BCUT2D eigenvalue weighted by molar-refractivity contribution is 7.90. The van der Waals surface area contributed by atoms with Crippen LogP contribution in [0.2, 0.25) is 0 Å². The second-order valence-electron chi connectivity index (χ2n) is 3.59. The standard InChI is InChI=1S/C9H15N3O3S/c1-16(14,15)7-4-8(10)9(13)11-12-5-2-3-6-12/h2-3,5-6,8H,4,7,10H2,1H3,(H,11,13). The van der Waals surface area contributed by atoms with Gasteiger partial charge in [-0.2, -0.15) is 0 Å². The molecule has 3 N–H and O–H groups in total. The van der Waals surface area contributed by atoms with Gasteiger partial charge >= 0.3 is 0 Å². The molecule has 1 rings (SSSR count). The maximum Gasteiger partial charge on any atom is 0.255 e. The van der Waals surface area contributed by atoms with E-state index in [4.69, 9.17) is 5.73 Å². The van der Waals surface area contributed by atoms with Crippen LogP contribution in [0, 0.1) is 0 Å². The SMILES string of the molecule is CS(=O)(=O)CCC(N)C(=O)Nn1cccc1. The van der Waals surface area contributed by atoms with Crippen LogP contribution in [0.4, 0.5) is 0 Å². The van der Waals surface area contributed by atoms with E-state index in [-0.39, 0.29) is 12.2 Å². The molecule has 0 radical (unpaired) electrons. The molecule has 1 aromatic heterocycles. The van der Waals surface area contributed by atoms with Crippen molar-refractivity contribution in [3.05, 3.63) is 24.5 Å². The largest absolute Gasteiger partial charge is 0.320 e. The van der Waals surface area contributed by atoms with Crippen LogP contribution < -0.4 is 11.2 Å². The number of carbonyl (C=O) groups excluding carboxylic acids is 1. The number of rotatable bonds is 5. The van der Waals surface area contributed by atoms with E-state index in [9.17, 15) is 13.2 Å². The second kappa shape index (κ2) is 5.13. The van der Waals surface area contributed by atoms with Crippen LogP contribution in [0.3, 0.4) is 0 Å². The highest BCUT2D eigenvalue weighted by Crippen LogP contribution is 1.95. The number of nitrogens with zero attached hydrogens (tertiary/aromatic N) is 1. The van der Waals surface area contributed by atoms with Crippen molar-refractivity contribution in [2.24, 2.45) is 5.73 Å². The summed E-state index contributed by atoms with van der Waals surface area (Å²) >= 11 is 0. The Morgan fingerprint density at radius 3 is 2.50 bits per heavy atom. The molecule has 90 valence electrons. The Labute approximate surface area is 94.3 Å². The Hall–Kier alpha value is -1.34. The van der Waals surface area contributed by atoms with Crippen molar-refractivity contribution in [1.82, 2.24) is 4.68 Å². The quantitative estimate of drug-likeness (QED) is 0.718. The molecule has 0 aliphatic heterocycles. The van der Waals surface area contributed by atoms with Gasteiger partial charge in [0.2, 0.25) is 0 Å². The first-order valence-corrected chi connectivity index (χ1v) is 6.82. The van der Waals surface area contributed by atoms with Gasteiger partial charge in [0.05, 0.1) is 11.8 Å². The lowest BCUT2D eigenvalue weighted by molar-refractivity contribution is -0.118. The summed E-state index contributed by atoms with van der Waals surface area (Å²) in [4.78, 5) is 11.5. The van der Waals surface area contributed by atoms with Gasteiger partial charge in [-0.1, -0.05) is 0 Å². The molecular formula is C9H15N3O3S. The number of hydrogen-bond acceptors (Lipinski definition) is 4. The number of hydrogen-bond donors (Lipinski definition) is 2. The van der Waals surface area contributed by atoms with Crippen molar-refractivity contribution in [3.8, 4) is 0 Å². The predicted octanol–water partition coefficient (Wildman–Crippen LogP) is -0.680. The average Bonchev–Trinajstić information content (AvgIpc) is 2.65. The normalized spacial score (nSPS) is 13.4. The Morgan fingerprint density at radius 2 is 2.00 bits per heavy atom. The van der Waals surface area contributed by atoms with Gasteiger partial charge in [0, 0.05) is 18.6 Å².